The number of rotatable bonds is 5. The average molecular weight is 358 g/mol. The molecular weight excluding hydrogens is 336 g/mol. The second-order valence-electron chi connectivity index (χ2n) is 6.27. The molecule has 2 aliphatic rings. The van der Waals surface area contributed by atoms with Gasteiger partial charge < -0.3 is 10.1 Å². The molecule has 0 saturated carbocycles. The van der Waals surface area contributed by atoms with Crippen molar-refractivity contribution >= 4 is 27.3 Å². The van der Waals surface area contributed by atoms with E-state index in [1.165, 1.54) is 10.6 Å². The highest BCUT2D eigenvalue weighted by molar-refractivity contribution is 7.88. The molecule has 0 bridgehead atoms. The number of hydrogen-bond donors (Lipinski definition) is 1. The van der Waals surface area contributed by atoms with Gasteiger partial charge in [-0.05, 0) is 23.8 Å². The lowest BCUT2D eigenvalue weighted by molar-refractivity contribution is -0.123. The molecule has 6 nitrogen and oxygen atoms in total. The Morgan fingerprint density at radius 2 is 2.35 bits per heavy atom. The number of ether oxygens (including phenoxy) is 1. The molecule has 0 spiro atoms. The summed E-state index contributed by atoms with van der Waals surface area (Å²) in [6.45, 7) is 2.13. The largest absolute Gasteiger partial charge is 0.377 e. The van der Waals surface area contributed by atoms with Crippen LogP contribution in [0, 0.1) is 11.8 Å². The van der Waals surface area contributed by atoms with E-state index in [9.17, 15) is 13.2 Å². The van der Waals surface area contributed by atoms with Crippen LogP contribution in [0.5, 0.6) is 0 Å². The van der Waals surface area contributed by atoms with E-state index in [2.05, 4.69) is 5.32 Å². The van der Waals surface area contributed by atoms with Gasteiger partial charge in [-0.2, -0.15) is 0 Å². The van der Waals surface area contributed by atoms with Crippen LogP contribution in [0.4, 0.5) is 0 Å². The summed E-state index contributed by atoms with van der Waals surface area (Å²) in [7, 11) is -3.14. The lowest BCUT2D eigenvalue weighted by atomic mass is 9.84. The van der Waals surface area contributed by atoms with Gasteiger partial charge in [0.1, 0.15) is 0 Å². The molecule has 2 aliphatic heterocycles. The predicted octanol–water partition coefficient (Wildman–Crippen LogP) is 1.05. The van der Waals surface area contributed by atoms with Gasteiger partial charge in [-0.15, -0.1) is 11.3 Å². The zero-order valence-electron chi connectivity index (χ0n) is 13.1. The molecule has 0 aromatic carbocycles. The molecule has 1 aromatic heterocycles. The van der Waals surface area contributed by atoms with Crippen molar-refractivity contribution in [2.75, 3.05) is 26.0 Å². The van der Waals surface area contributed by atoms with E-state index in [0.29, 0.717) is 32.7 Å². The second-order valence-corrected chi connectivity index (χ2v) is 9.28. The highest BCUT2D eigenvalue weighted by atomic mass is 32.2. The summed E-state index contributed by atoms with van der Waals surface area (Å²) >= 11 is 1.62. The molecule has 2 fully saturated rings. The van der Waals surface area contributed by atoms with Gasteiger partial charge in [0.2, 0.25) is 15.9 Å². The zero-order valence-corrected chi connectivity index (χ0v) is 14.7. The van der Waals surface area contributed by atoms with Crippen LogP contribution in [-0.4, -0.2) is 50.7 Å². The van der Waals surface area contributed by atoms with E-state index in [-0.39, 0.29) is 23.8 Å². The lowest BCUT2D eigenvalue weighted by Gasteiger charge is -2.33. The third kappa shape index (κ3) is 4.12. The standard InChI is InChI=1S/C15H22N2O4S2/c1-23(19,20)17-5-4-13-11(9-17)10-21-14(13)7-15(18)16-8-12-3-2-6-22-12/h2-3,6,11,13-14H,4-5,7-10H2,1H3,(H,16,18)/t11-,13-,14+/m1/s1. The van der Waals surface area contributed by atoms with Crippen molar-refractivity contribution in [3.63, 3.8) is 0 Å². The lowest BCUT2D eigenvalue weighted by Crippen LogP contribution is -2.44. The maximum atomic E-state index is 12.1. The minimum Gasteiger partial charge on any atom is -0.377 e. The Hall–Kier alpha value is -0.960. The fraction of sp³-hybridized carbons (Fsp3) is 0.667. The number of carbonyl (C=O) groups is 1. The molecule has 0 unspecified atom stereocenters. The van der Waals surface area contributed by atoms with Crippen LogP contribution in [0.3, 0.4) is 0 Å². The maximum Gasteiger partial charge on any atom is 0.222 e. The van der Waals surface area contributed by atoms with Gasteiger partial charge >= 0.3 is 0 Å². The van der Waals surface area contributed by atoms with E-state index < -0.39 is 10.0 Å². The summed E-state index contributed by atoms with van der Waals surface area (Å²) in [5.74, 6) is 0.476. The summed E-state index contributed by atoms with van der Waals surface area (Å²) < 4.78 is 30.6. The Bertz CT molecular complexity index is 644. The molecule has 3 rings (SSSR count). The van der Waals surface area contributed by atoms with E-state index in [1.807, 2.05) is 17.5 Å². The van der Waals surface area contributed by atoms with Crippen molar-refractivity contribution in [1.82, 2.24) is 9.62 Å². The topological polar surface area (TPSA) is 75.7 Å². The molecule has 23 heavy (non-hydrogen) atoms. The third-order valence-electron chi connectivity index (χ3n) is 4.65. The van der Waals surface area contributed by atoms with Crippen molar-refractivity contribution in [1.29, 1.82) is 0 Å². The minimum atomic E-state index is -3.14. The van der Waals surface area contributed by atoms with Crippen molar-refractivity contribution in [3.05, 3.63) is 22.4 Å². The van der Waals surface area contributed by atoms with Crippen LogP contribution in [0.15, 0.2) is 17.5 Å². The van der Waals surface area contributed by atoms with Crippen LogP contribution >= 0.6 is 11.3 Å². The van der Waals surface area contributed by atoms with Crippen molar-refractivity contribution in [2.24, 2.45) is 11.8 Å². The zero-order chi connectivity index (χ0) is 16.4. The van der Waals surface area contributed by atoms with Gasteiger partial charge in [0.25, 0.3) is 0 Å². The molecule has 128 valence electrons. The van der Waals surface area contributed by atoms with Gasteiger partial charge in [-0.1, -0.05) is 6.07 Å². The number of nitrogens with one attached hydrogen (secondary N) is 1. The molecule has 3 atom stereocenters. The molecule has 3 heterocycles. The third-order valence-corrected chi connectivity index (χ3v) is 6.80. The van der Waals surface area contributed by atoms with Gasteiger partial charge in [-0.25, -0.2) is 12.7 Å². The number of thiophene rings is 1. The first-order valence-electron chi connectivity index (χ1n) is 7.79. The van der Waals surface area contributed by atoms with E-state index in [0.717, 1.165) is 11.3 Å². The highest BCUT2D eigenvalue weighted by Crippen LogP contribution is 2.36. The number of carbonyl (C=O) groups excluding carboxylic acids is 1. The summed E-state index contributed by atoms with van der Waals surface area (Å²) in [5, 5.41) is 4.91. The van der Waals surface area contributed by atoms with Gasteiger partial charge in [0.05, 0.1) is 31.9 Å². The Labute approximate surface area is 140 Å². The van der Waals surface area contributed by atoms with E-state index in [1.54, 1.807) is 11.3 Å². The SMILES string of the molecule is CS(=O)(=O)N1CC[C@@H]2[C@@H](CO[C@H]2CC(=O)NCc2cccs2)C1. The quantitative estimate of drug-likeness (QED) is 0.854. The summed E-state index contributed by atoms with van der Waals surface area (Å²) in [6.07, 6.45) is 2.27. The van der Waals surface area contributed by atoms with Crippen LogP contribution in [0.25, 0.3) is 0 Å². The van der Waals surface area contributed by atoms with Crippen molar-refractivity contribution in [3.8, 4) is 0 Å². The summed E-state index contributed by atoms with van der Waals surface area (Å²) in [4.78, 5) is 13.2. The number of hydrogen-bond acceptors (Lipinski definition) is 5. The Balaban J connectivity index is 1.50. The minimum absolute atomic E-state index is 0.00501. The normalized spacial score (nSPS) is 28.5. The Morgan fingerprint density at radius 3 is 3.04 bits per heavy atom. The molecule has 0 aliphatic carbocycles. The van der Waals surface area contributed by atoms with E-state index >= 15 is 0 Å². The molecule has 1 amide bonds. The van der Waals surface area contributed by atoms with Gasteiger partial charge in [-0.3, -0.25) is 4.79 Å². The fourth-order valence-corrected chi connectivity index (χ4v) is 4.96. The Kier molecular flexibility index (Phi) is 5.05. The number of sulfonamides is 1. The van der Waals surface area contributed by atoms with Crippen molar-refractivity contribution in [2.45, 2.75) is 25.5 Å². The van der Waals surface area contributed by atoms with Crippen LogP contribution in [-0.2, 0) is 26.1 Å². The first-order chi connectivity index (χ1) is 10.9. The van der Waals surface area contributed by atoms with Crippen LogP contribution < -0.4 is 5.32 Å². The number of nitrogens with zero attached hydrogens (tertiary/aromatic N) is 1. The smallest absolute Gasteiger partial charge is 0.222 e. The Morgan fingerprint density at radius 1 is 1.52 bits per heavy atom. The highest BCUT2D eigenvalue weighted by Gasteiger charge is 2.43. The average Bonchev–Trinajstić information content (AvgIpc) is 3.14. The number of fused-ring (bicyclic) bond motifs is 1. The monoisotopic (exact) mass is 358 g/mol. The summed E-state index contributed by atoms with van der Waals surface area (Å²) in [6, 6.07) is 3.96. The maximum absolute atomic E-state index is 12.1. The number of piperidine rings is 1. The molecule has 0 radical (unpaired) electrons. The van der Waals surface area contributed by atoms with E-state index in [4.69, 9.17) is 4.74 Å². The van der Waals surface area contributed by atoms with Gasteiger partial charge in [0.15, 0.2) is 0 Å². The first kappa shape index (κ1) is 16.9. The molecule has 2 saturated heterocycles. The van der Waals surface area contributed by atoms with Gasteiger partial charge in [0, 0.05) is 23.9 Å². The molecule has 8 heteroatoms. The number of amides is 1. The fourth-order valence-electron chi connectivity index (χ4n) is 3.42. The van der Waals surface area contributed by atoms with Crippen molar-refractivity contribution < 1.29 is 17.9 Å². The molecule has 1 N–H and O–H groups in total. The first-order valence-corrected chi connectivity index (χ1v) is 10.5. The molecule has 1 aromatic rings. The van der Waals surface area contributed by atoms with Crippen LogP contribution in [0.2, 0.25) is 0 Å². The molecular formula is C15H22N2O4S2. The van der Waals surface area contributed by atoms with Crippen LogP contribution in [0.1, 0.15) is 17.7 Å². The predicted molar refractivity (Wildman–Crippen MR) is 88.5 cm³/mol. The second kappa shape index (κ2) is 6.88. The summed E-state index contributed by atoms with van der Waals surface area (Å²) in [5.41, 5.74) is 0.